The van der Waals surface area contributed by atoms with Crippen LogP contribution in [0.3, 0.4) is 0 Å². The Labute approximate surface area is 67.8 Å². The molecule has 0 N–H and O–H groups in total. The molecule has 0 atom stereocenters. The maximum absolute atomic E-state index is 5.32. The molecule has 58 valence electrons. The van der Waals surface area contributed by atoms with Gasteiger partial charge in [-0.05, 0) is 0 Å². The molecule has 3 saturated heterocycles. The van der Waals surface area contributed by atoms with Crippen LogP contribution in [0.2, 0.25) is 0 Å². The van der Waals surface area contributed by atoms with Gasteiger partial charge in [0.05, 0.1) is 25.2 Å². The van der Waals surface area contributed by atoms with Crippen LogP contribution in [-0.2, 0) is 14.2 Å². The molecule has 3 nitrogen and oxygen atoms in total. The first-order valence-corrected chi connectivity index (χ1v) is 4.45. The van der Waals surface area contributed by atoms with Crippen LogP contribution in [0.15, 0.2) is 0 Å². The minimum Gasteiger partial charge on any atom is -0.326 e. The van der Waals surface area contributed by atoms with Crippen molar-refractivity contribution in [3.8, 4) is 0 Å². The second-order valence-corrected chi connectivity index (χ2v) is 3.18. The van der Waals surface area contributed by atoms with E-state index in [0.29, 0.717) is 11.2 Å². The van der Waals surface area contributed by atoms with Crippen LogP contribution in [-0.4, -0.2) is 31.1 Å². The third-order valence-corrected chi connectivity index (χ3v) is 2.47. The Hall–Kier alpha value is 0.360. The van der Waals surface area contributed by atoms with E-state index < -0.39 is 5.97 Å². The van der Waals surface area contributed by atoms with Crippen molar-refractivity contribution in [1.82, 2.24) is 0 Å². The number of halogens is 1. The van der Waals surface area contributed by atoms with Gasteiger partial charge in [0.2, 0.25) is 0 Å². The first-order chi connectivity index (χ1) is 4.85. The molecule has 0 spiro atoms. The summed E-state index contributed by atoms with van der Waals surface area (Å²) >= 11 is 3.28. The van der Waals surface area contributed by atoms with Crippen molar-refractivity contribution < 1.29 is 14.2 Å². The zero-order valence-electron chi connectivity index (χ0n) is 5.51. The van der Waals surface area contributed by atoms with Crippen molar-refractivity contribution >= 4 is 15.9 Å². The summed E-state index contributed by atoms with van der Waals surface area (Å²) < 4.78 is 16.0. The molecule has 0 aromatic rings. The van der Waals surface area contributed by atoms with Gasteiger partial charge in [-0.2, -0.15) is 0 Å². The van der Waals surface area contributed by atoms with Crippen molar-refractivity contribution in [3.63, 3.8) is 0 Å². The van der Waals surface area contributed by atoms with Gasteiger partial charge in [0.25, 0.3) is 5.97 Å². The third-order valence-electron chi connectivity index (χ3n) is 1.78. The molecule has 10 heavy (non-hydrogen) atoms. The highest BCUT2D eigenvalue weighted by molar-refractivity contribution is 9.09. The first-order valence-electron chi connectivity index (χ1n) is 3.32. The lowest BCUT2D eigenvalue weighted by Gasteiger charge is -2.44. The molecule has 0 amide bonds. The standard InChI is InChI=1S/C6H9BrO3/c7-4-6-8-1-5(2-9-6)3-10-6/h5H,1-4H2. The summed E-state index contributed by atoms with van der Waals surface area (Å²) in [6, 6.07) is 0. The maximum atomic E-state index is 5.32. The van der Waals surface area contributed by atoms with Crippen molar-refractivity contribution in [1.29, 1.82) is 0 Å². The molecule has 3 heterocycles. The van der Waals surface area contributed by atoms with E-state index in [1.54, 1.807) is 0 Å². The summed E-state index contributed by atoms with van der Waals surface area (Å²) in [5.41, 5.74) is 0. The highest BCUT2D eigenvalue weighted by atomic mass is 79.9. The van der Waals surface area contributed by atoms with Gasteiger partial charge in [0.15, 0.2) is 0 Å². The molecule has 0 saturated carbocycles. The van der Waals surface area contributed by atoms with Crippen molar-refractivity contribution in [2.45, 2.75) is 5.97 Å². The van der Waals surface area contributed by atoms with Crippen molar-refractivity contribution in [2.24, 2.45) is 5.92 Å². The average Bonchev–Trinajstić information content (AvgIpc) is 2.08. The minimum atomic E-state index is -0.755. The molecule has 3 aliphatic heterocycles. The van der Waals surface area contributed by atoms with Gasteiger partial charge < -0.3 is 14.2 Å². The molecular weight excluding hydrogens is 200 g/mol. The second kappa shape index (κ2) is 2.44. The average molecular weight is 209 g/mol. The molecule has 0 radical (unpaired) electrons. The number of hydrogen-bond donors (Lipinski definition) is 0. The van der Waals surface area contributed by atoms with Gasteiger partial charge in [-0.1, -0.05) is 15.9 Å². The normalized spacial score (nSPS) is 45.9. The van der Waals surface area contributed by atoms with Gasteiger partial charge >= 0.3 is 0 Å². The summed E-state index contributed by atoms with van der Waals surface area (Å²) in [4.78, 5) is 0. The van der Waals surface area contributed by atoms with Gasteiger partial charge in [-0.25, -0.2) is 0 Å². The highest BCUT2D eigenvalue weighted by Crippen LogP contribution is 2.31. The third kappa shape index (κ3) is 0.993. The predicted molar refractivity (Wildman–Crippen MR) is 37.9 cm³/mol. The zero-order valence-corrected chi connectivity index (χ0v) is 7.09. The quantitative estimate of drug-likeness (QED) is 0.595. The molecule has 0 aliphatic carbocycles. The van der Waals surface area contributed by atoms with Crippen LogP contribution in [0.4, 0.5) is 0 Å². The number of rotatable bonds is 1. The molecule has 3 fully saturated rings. The van der Waals surface area contributed by atoms with Gasteiger partial charge in [0.1, 0.15) is 0 Å². The fraction of sp³-hybridized carbons (Fsp3) is 1.00. The lowest BCUT2D eigenvalue weighted by atomic mass is 10.1. The van der Waals surface area contributed by atoms with E-state index in [0.717, 1.165) is 19.8 Å². The van der Waals surface area contributed by atoms with Crippen molar-refractivity contribution in [2.75, 3.05) is 25.2 Å². The number of hydrogen-bond acceptors (Lipinski definition) is 3. The zero-order chi connectivity index (χ0) is 7.03. The van der Waals surface area contributed by atoms with Gasteiger partial charge in [-0.3, -0.25) is 0 Å². The summed E-state index contributed by atoms with van der Waals surface area (Å²) in [5.74, 6) is -0.310. The van der Waals surface area contributed by atoms with E-state index in [1.807, 2.05) is 0 Å². The number of fused-ring (bicyclic) bond motifs is 3. The van der Waals surface area contributed by atoms with Crippen LogP contribution < -0.4 is 0 Å². The Morgan fingerprint density at radius 1 is 1.20 bits per heavy atom. The molecule has 3 aliphatic rings. The molecule has 3 rings (SSSR count). The molecular formula is C6H9BrO3. The van der Waals surface area contributed by atoms with E-state index in [9.17, 15) is 0 Å². The van der Waals surface area contributed by atoms with Crippen LogP contribution in [0.25, 0.3) is 0 Å². The van der Waals surface area contributed by atoms with Crippen LogP contribution in [0.1, 0.15) is 0 Å². The lowest BCUT2D eigenvalue weighted by Crippen LogP contribution is -2.54. The molecule has 0 aromatic heterocycles. The monoisotopic (exact) mass is 208 g/mol. The Morgan fingerprint density at radius 2 is 1.70 bits per heavy atom. The summed E-state index contributed by atoms with van der Waals surface area (Å²) in [6.07, 6.45) is 0. The lowest BCUT2D eigenvalue weighted by molar-refractivity contribution is -0.435. The van der Waals surface area contributed by atoms with E-state index >= 15 is 0 Å². The summed E-state index contributed by atoms with van der Waals surface area (Å²) in [5, 5.41) is 0.590. The molecule has 2 bridgehead atoms. The smallest absolute Gasteiger partial charge is 0.293 e. The minimum absolute atomic E-state index is 0.445. The Bertz CT molecular complexity index is 117. The topological polar surface area (TPSA) is 27.7 Å². The van der Waals surface area contributed by atoms with E-state index in [4.69, 9.17) is 14.2 Å². The predicted octanol–water partition coefficient (Wildman–Crippen LogP) is 0.728. The summed E-state index contributed by atoms with van der Waals surface area (Å²) in [6.45, 7) is 2.31. The Balaban J connectivity index is 2.08. The first kappa shape index (κ1) is 7.03. The Kier molecular flexibility index (Phi) is 1.72. The number of alkyl halides is 1. The largest absolute Gasteiger partial charge is 0.326 e. The second-order valence-electron chi connectivity index (χ2n) is 2.62. The van der Waals surface area contributed by atoms with Crippen LogP contribution in [0, 0.1) is 5.92 Å². The number of ether oxygens (including phenoxy) is 3. The molecule has 0 aromatic carbocycles. The molecule has 4 heteroatoms. The van der Waals surface area contributed by atoms with E-state index in [-0.39, 0.29) is 0 Å². The van der Waals surface area contributed by atoms with Crippen molar-refractivity contribution in [3.05, 3.63) is 0 Å². The van der Waals surface area contributed by atoms with E-state index in [1.165, 1.54) is 0 Å². The van der Waals surface area contributed by atoms with E-state index in [2.05, 4.69) is 15.9 Å². The Morgan fingerprint density at radius 3 is 2.00 bits per heavy atom. The van der Waals surface area contributed by atoms with Crippen LogP contribution in [0.5, 0.6) is 0 Å². The van der Waals surface area contributed by atoms with Gasteiger partial charge in [-0.15, -0.1) is 0 Å². The maximum Gasteiger partial charge on any atom is 0.293 e. The SMILES string of the molecule is BrCC12OCC(CO1)CO2. The highest BCUT2D eigenvalue weighted by Gasteiger charge is 2.43. The summed E-state index contributed by atoms with van der Waals surface area (Å²) in [7, 11) is 0. The van der Waals surface area contributed by atoms with Crippen LogP contribution >= 0.6 is 15.9 Å². The fourth-order valence-corrected chi connectivity index (χ4v) is 1.61. The molecule has 0 unspecified atom stereocenters. The van der Waals surface area contributed by atoms with Gasteiger partial charge in [0, 0.05) is 5.92 Å². The fourth-order valence-electron chi connectivity index (χ4n) is 1.12.